The number of carbonyl (C=O) groups excluding carboxylic acids is 2. The third kappa shape index (κ3) is 8.30. The number of nitrogens with one attached hydrogen (secondary N) is 2. The van der Waals surface area contributed by atoms with Crippen molar-refractivity contribution < 1.29 is 38.0 Å². The molecular formula is C25H32N4O8. The second-order valence-corrected chi connectivity index (χ2v) is 7.34. The second-order valence-electron chi connectivity index (χ2n) is 7.34. The molecule has 37 heavy (non-hydrogen) atoms. The van der Waals surface area contributed by atoms with Crippen molar-refractivity contribution in [3.63, 3.8) is 0 Å². The number of nitrogens with zero attached hydrogens (tertiary/aromatic N) is 2. The van der Waals surface area contributed by atoms with Gasteiger partial charge in [0.25, 0.3) is 0 Å². The monoisotopic (exact) mass is 516 g/mol. The largest absolute Gasteiger partial charge is 0.496 e. The van der Waals surface area contributed by atoms with Crippen LogP contribution in [-0.2, 0) is 9.59 Å². The number of hydrogen-bond acceptors (Lipinski definition) is 10. The maximum absolute atomic E-state index is 12.1. The molecule has 0 radical (unpaired) electrons. The standard InChI is InChI=1S/C25H32N4O8/c1-32-18-12-22(36-5)20(34-3)10-16(18)14-26-28-24(30)8-7-9-25(31)29-27-15-17-11-21(35-4)23(37-6)13-19(17)33-2/h10-15H,7-9H2,1-6H3,(H,28,30)(H,29,31)/b26-14+,27-15+. The summed E-state index contributed by atoms with van der Waals surface area (Å²) in [6.45, 7) is 0. The molecule has 0 atom stereocenters. The smallest absolute Gasteiger partial charge is 0.240 e. The summed E-state index contributed by atoms with van der Waals surface area (Å²) >= 11 is 0. The van der Waals surface area contributed by atoms with Gasteiger partial charge in [-0.15, -0.1) is 0 Å². The molecule has 0 aliphatic heterocycles. The van der Waals surface area contributed by atoms with Crippen molar-refractivity contribution in [3.8, 4) is 34.5 Å². The van der Waals surface area contributed by atoms with E-state index in [-0.39, 0.29) is 24.7 Å². The topological polar surface area (TPSA) is 138 Å². The molecule has 0 aromatic heterocycles. The Labute approximate surface area is 215 Å². The fourth-order valence-corrected chi connectivity index (χ4v) is 3.18. The lowest BCUT2D eigenvalue weighted by Crippen LogP contribution is -2.20. The highest BCUT2D eigenvalue weighted by Crippen LogP contribution is 2.34. The molecule has 0 aliphatic rings. The van der Waals surface area contributed by atoms with E-state index in [2.05, 4.69) is 21.1 Å². The van der Waals surface area contributed by atoms with E-state index >= 15 is 0 Å². The van der Waals surface area contributed by atoms with Crippen molar-refractivity contribution in [1.82, 2.24) is 10.9 Å². The first-order chi connectivity index (χ1) is 17.9. The molecule has 2 aromatic carbocycles. The number of hydrazone groups is 2. The third-order valence-electron chi connectivity index (χ3n) is 5.07. The Hall–Kier alpha value is -4.48. The summed E-state index contributed by atoms with van der Waals surface area (Å²) in [6.07, 6.45) is 3.37. The minimum Gasteiger partial charge on any atom is -0.496 e. The van der Waals surface area contributed by atoms with E-state index in [0.717, 1.165) is 0 Å². The molecule has 0 spiro atoms. The lowest BCUT2D eigenvalue weighted by molar-refractivity contribution is -0.122. The van der Waals surface area contributed by atoms with Crippen LogP contribution in [0.25, 0.3) is 0 Å². The van der Waals surface area contributed by atoms with Gasteiger partial charge in [-0.25, -0.2) is 10.9 Å². The van der Waals surface area contributed by atoms with Gasteiger partial charge >= 0.3 is 0 Å². The van der Waals surface area contributed by atoms with Crippen LogP contribution in [0.1, 0.15) is 30.4 Å². The number of benzene rings is 2. The maximum atomic E-state index is 12.1. The zero-order valence-corrected chi connectivity index (χ0v) is 21.7. The highest BCUT2D eigenvalue weighted by atomic mass is 16.5. The van der Waals surface area contributed by atoms with Crippen LogP contribution >= 0.6 is 0 Å². The van der Waals surface area contributed by atoms with Gasteiger partial charge in [-0.1, -0.05) is 0 Å². The molecule has 0 aliphatic carbocycles. The summed E-state index contributed by atoms with van der Waals surface area (Å²) in [5, 5.41) is 7.90. The van der Waals surface area contributed by atoms with Crippen molar-refractivity contribution in [2.75, 3.05) is 42.7 Å². The molecule has 200 valence electrons. The number of hydrogen-bond donors (Lipinski definition) is 2. The Morgan fingerprint density at radius 3 is 1.24 bits per heavy atom. The maximum Gasteiger partial charge on any atom is 0.240 e. The molecule has 12 heteroatoms. The van der Waals surface area contributed by atoms with E-state index in [1.807, 2.05) is 0 Å². The summed E-state index contributed by atoms with van der Waals surface area (Å²) in [4.78, 5) is 24.2. The SMILES string of the molecule is COc1cc(OC)c(OC)cc1/C=N/NC(=O)CCCC(=O)N/N=C/c1cc(OC)c(OC)cc1OC. The van der Waals surface area contributed by atoms with Gasteiger partial charge in [0, 0.05) is 36.1 Å². The van der Waals surface area contributed by atoms with E-state index in [1.54, 1.807) is 24.3 Å². The Kier molecular flexibility index (Phi) is 11.5. The number of carbonyl (C=O) groups is 2. The van der Waals surface area contributed by atoms with E-state index < -0.39 is 0 Å². The predicted octanol–water partition coefficient (Wildman–Crippen LogP) is 2.51. The molecule has 12 nitrogen and oxygen atoms in total. The first-order valence-corrected chi connectivity index (χ1v) is 11.1. The Balaban J connectivity index is 1.83. The van der Waals surface area contributed by atoms with Crippen LogP contribution in [0.5, 0.6) is 34.5 Å². The van der Waals surface area contributed by atoms with Gasteiger partial charge in [0.05, 0.1) is 55.1 Å². The lowest BCUT2D eigenvalue weighted by atomic mass is 10.2. The Morgan fingerprint density at radius 2 is 0.919 bits per heavy atom. The van der Waals surface area contributed by atoms with Gasteiger partial charge < -0.3 is 28.4 Å². The normalized spacial score (nSPS) is 10.8. The molecule has 0 saturated heterocycles. The number of rotatable bonds is 14. The molecule has 2 aromatic rings. The van der Waals surface area contributed by atoms with Crippen molar-refractivity contribution in [2.24, 2.45) is 10.2 Å². The fourth-order valence-electron chi connectivity index (χ4n) is 3.18. The molecular weight excluding hydrogens is 484 g/mol. The van der Waals surface area contributed by atoms with Crippen LogP contribution in [0.3, 0.4) is 0 Å². The average molecular weight is 517 g/mol. The van der Waals surface area contributed by atoms with Crippen LogP contribution < -0.4 is 39.3 Å². The summed E-state index contributed by atoms with van der Waals surface area (Å²) in [6, 6.07) is 6.67. The Morgan fingerprint density at radius 1 is 0.595 bits per heavy atom. The van der Waals surface area contributed by atoms with Gasteiger partial charge in [-0.3, -0.25) is 9.59 Å². The molecule has 0 saturated carbocycles. The summed E-state index contributed by atoms with van der Waals surface area (Å²) in [7, 11) is 9.09. The lowest BCUT2D eigenvalue weighted by Gasteiger charge is -2.11. The van der Waals surface area contributed by atoms with E-state index in [4.69, 9.17) is 28.4 Å². The van der Waals surface area contributed by atoms with Crippen LogP contribution in [0.2, 0.25) is 0 Å². The second kappa shape index (κ2) is 14.8. The van der Waals surface area contributed by atoms with Gasteiger partial charge in [0.2, 0.25) is 11.8 Å². The quantitative estimate of drug-likeness (QED) is 0.289. The van der Waals surface area contributed by atoms with Crippen molar-refractivity contribution >= 4 is 24.2 Å². The van der Waals surface area contributed by atoms with Crippen molar-refractivity contribution in [3.05, 3.63) is 35.4 Å². The van der Waals surface area contributed by atoms with E-state index in [9.17, 15) is 9.59 Å². The molecule has 2 rings (SSSR count). The highest BCUT2D eigenvalue weighted by molar-refractivity contribution is 5.87. The van der Waals surface area contributed by atoms with E-state index in [1.165, 1.54) is 55.1 Å². The van der Waals surface area contributed by atoms with Gasteiger partial charge in [-0.05, 0) is 18.6 Å². The molecule has 0 bridgehead atoms. The minimum atomic E-state index is -0.345. The average Bonchev–Trinajstić information content (AvgIpc) is 2.92. The molecule has 0 unspecified atom stereocenters. The highest BCUT2D eigenvalue weighted by Gasteiger charge is 2.12. The number of methoxy groups -OCH3 is 6. The van der Waals surface area contributed by atoms with Crippen LogP contribution in [-0.4, -0.2) is 66.9 Å². The first kappa shape index (κ1) is 28.8. The first-order valence-electron chi connectivity index (χ1n) is 11.1. The Bertz CT molecular complexity index is 1050. The van der Waals surface area contributed by atoms with Gasteiger partial charge in [0.15, 0.2) is 23.0 Å². The van der Waals surface area contributed by atoms with Crippen LogP contribution in [0.4, 0.5) is 0 Å². The van der Waals surface area contributed by atoms with Gasteiger partial charge in [0.1, 0.15) is 11.5 Å². The molecule has 0 heterocycles. The zero-order chi connectivity index (χ0) is 27.2. The summed E-state index contributed by atoms with van der Waals surface area (Å²) < 4.78 is 31.7. The third-order valence-corrected chi connectivity index (χ3v) is 5.07. The molecule has 2 amide bonds. The van der Waals surface area contributed by atoms with Crippen molar-refractivity contribution in [2.45, 2.75) is 19.3 Å². The molecule has 2 N–H and O–H groups in total. The zero-order valence-electron chi connectivity index (χ0n) is 21.7. The van der Waals surface area contributed by atoms with Gasteiger partial charge in [-0.2, -0.15) is 10.2 Å². The van der Waals surface area contributed by atoms with Crippen LogP contribution in [0, 0.1) is 0 Å². The van der Waals surface area contributed by atoms with E-state index in [0.29, 0.717) is 52.0 Å². The fraction of sp³-hybridized carbons (Fsp3) is 0.360. The summed E-state index contributed by atoms with van der Waals surface area (Å²) in [5.41, 5.74) is 6.02. The predicted molar refractivity (Wildman–Crippen MR) is 138 cm³/mol. The molecule has 0 fully saturated rings. The number of amides is 2. The summed E-state index contributed by atoms with van der Waals surface area (Å²) in [5.74, 6) is 2.31. The van der Waals surface area contributed by atoms with Crippen molar-refractivity contribution in [1.29, 1.82) is 0 Å². The van der Waals surface area contributed by atoms with Crippen LogP contribution in [0.15, 0.2) is 34.5 Å². The number of ether oxygens (including phenoxy) is 6. The minimum absolute atomic E-state index is 0.0983.